The molecule has 0 bridgehead atoms. The van der Waals surface area contributed by atoms with Gasteiger partial charge in [-0.3, -0.25) is 19.7 Å². The number of non-ortho nitro benzene ring substituents is 1. The minimum atomic E-state index is -0.493. The van der Waals surface area contributed by atoms with E-state index in [0.29, 0.717) is 12.1 Å². The van der Waals surface area contributed by atoms with E-state index in [2.05, 4.69) is 5.32 Å². The van der Waals surface area contributed by atoms with E-state index < -0.39 is 4.92 Å². The molecule has 1 aliphatic heterocycles. The van der Waals surface area contributed by atoms with E-state index in [0.717, 1.165) is 29.8 Å². The predicted molar refractivity (Wildman–Crippen MR) is 98.2 cm³/mol. The maximum absolute atomic E-state index is 12.3. The molecule has 7 nitrogen and oxygen atoms in total. The molecule has 0 atom stereocenters. The number of aryl methyl sites for hydroxylation is 1. The van der Waals surface area contributed by atoms with Crippen LogP contribution in [0, 0.1) is 17.0 Å². The third-order valence-corrected chi connectivity index (χ3v) is 4.39. The summed E-state index contributed by atoms with van der Waals surface area (Å²) < 4.78 is 0. The third kappa shape index (κ3) is 3.88. The molecule has 134 valence electrons. The van der Waals surface area contributed by atoms with Gasteiger partial charge in [-0.15, -0.1) is 0 Å². The zero-order valence-corrected chi connectivity index (χ0v) is 14.4. The molecule has 2 aromatic rings. The van der Waals surface area contributed by atoms with Crippen LogP contribution in [0.2, 0.25) is 0 Å². The Morgan fingerprint density at radius 2 is 1.96 bits per heavy atom. The molecule has 0 unspecified atom stereocenters. The SMILES string of the molecule is Cc1ccc([N+](=O)[O-])cc1NC(=O)Cc1ccc(N2CCCC2=O)cc1. The van der Waals surface area contributed by atoms with E-state index in [4.69, 9.17) is 0 Å². The normalized spacial score (nSPS) is 13.7. The molecule has 2 aromatic carbocycles. The van der Waals surface area contributed by atoms with Crippen molar-refractivity contribution in [3.05, 3.63) is 63.7 Å². The molecule has 0 spiro atoms. The number of nitrogens with one attached hydrogen (secondary N) is 1. The van der Waals surface area contributed by atoms with E-state index in [1.807, 2.05) is 24.3 Å². The number of nitro benzene ring substituents is 1. The van der Waals surface area contributed by atoms with Gasteiger partial charge in [0.25, 0.3) is 5.69 Å². The average molecular weight is 353 g/mol. The largest absolute Gasteiger partial charge is 0.325 e. The predicted octanol–water partition coefficient (Wildman–Crippen LogP) is 3.21. The van der Waals surface area contributed by atoms with Crippen molar-refractivity contribution in [2.45, 2.75) is 26.2 Å². The number of carbonyl (C=O) groups excluding carboxylic acids is 2. The second kappa shape index (κ2) is 7.35. The van der Waals surface area contributed by atoms with Crippen LogP contribution in [-0.4, -0.2) is 23.3 Å². The van der Waals surface area contributed by atoms with Crippen LogP contribution >= 0.6 is 0 Å². The van der Waals surface area contributed by atoms with Crippen molar-refractivity contribution in [1.29, 1.82) is 0 Å². The molecule has 1 N–H and O–H groups in total. The van der Waals surface area contributed by atoms with Crippen LogP contribution in [0.5, 0.6) is 0 Å². The van der Waals surface area contributed by atoms with Crippen molar-refractivity contribution < 1.29 is 14.5 Å². The molecule has 0 saturated carbocycles. The zero-order valence-electron chi connectivity index (χ0n) is 14.4. The topological polar surface area (TPSA) is 92.6 Å². The molecule has 1 fully saturated rings. The fraction of sp³-hybridized carbons (Fsp3) is 0.263. The molecule has 1 aliphatic rings. The second-order valence-corrected chi connectivity index (χ2v) is 6.30. The Balaban J connectivity index is 1.66. The molecule has 0 aliphatic carbocycles. The summed E-state index contributed by atoms with van der Waals surface area (Å²) in [6.07, 6.45) is 1.59. The highest BCUT2D eigenvalue weighted by Gasteiger charge is 2.21. The van der Waals surface area contributed by atoms with Gasteiger partial charge in [-0.2, -0.15) is 0 Å². The van der Waals surface area contributed by atoms with Gasteiger partial charge < -0.3 is 10.2 Å². The number of anilines is 2. The highest BCUT2D eigenvalue weighted by Crippen LogP contribution is 2.23. The summed E-state index contributed by atoms with van der Waals surface area (Å²) in [6, 6.07) is 11.7. The van der Waals surface area contributed by atoms with Gasteiger partial charge in [0, 0.05) is 30.8 Å². The molecule has 0 aromatic heterocycles. The summed E-state index contributed by atoms with van der Waals surface area (Å²) >= 11 is 0. The molecule has 1 saturated heterocycles. The first-order valence-electron chi connectivity index (χ1n) is 8.38. The minimum Gasteiger partial charge on any atom is -0.325 e. The molecule has 26 heavy (non-hydrogen) atoms. The quantitative estimate of drug-likeness (QED) is 0.660. The fourth-order valence-corrected chi connectivity index (χ4v) is 2.95. The summed E-state index contributed by atoms with van der Waals surface area (Å²) in [7, 11) is 0. The smallest absolute Gasteiger partial charge is 0.271 e. The Morgan fingerprint density at radius 1 is 1.23 bits per heavy atom. The maximum atomic E-state index is 12.3. The van der Waals surface area contributed by atoms with Gasteiger partial charge in [0.15, 0.2) is 0 Å². The number of nitro groups is 1. The van der Waals surface area contributed by atoms with Gasteiger partial charge in [-0.1, -0.05) is 18.2 Å². The summed E-state index contributed by atoms with van der Waals surface area (Å²) in [4.78, 5) is 36.1. The molecule has 3 rings (SSSR count). The van der Waals surface area contributed by atoms with Gasteiger partial charge >= 0.3 is 0 Å². The third-order valence-electron chi connectivity index (χ3n) is 4.39. The first-order valence-corrected chi connectivity index (χ1v) is 8.38. The van der Waals surface area contributed by atoms with E-state index in [1.54, 1.807) is 17.9 Å². The van der Waals surface area contributed by atoms with Crippen molar-refractivity contribution in [2.24, 2.45) is 0 Å². The molecular formula is C19H19N3O4. The van der Waals surface area contributed by atoms with Crippen molar-refractivity contribution in [3.8, 4) is 0 Å². The number of hydrogen-bond acceptors (Lipinski definition) is 4. The van der Waals surface area contributed by atoms with Gasteiger partial charge in [0.05, 0.1) is 17.0 Å². The van der Waals surface area contributed by atoms with E-state index >= 15 is 0 Å². The van der Waals surface area contributed by atoms with Crippen LogP contribution < -0.4 is 10.2 Å². The van der Waals surface area contributed by atoms with E-state index in [9.17, 15) is 19.7 Å². The van der Waals surface area contributed by atoms with Gasteiger partial charge in [-0.25, -0.2) is 0 Å². The van der Waals surface area contributed by atoms with Crippen LogP contribution in [0.15, 0.2) is 42.5 Å². The fourth-order valence-electron chi connectivity index (χ4n) is 2.95. The Labute approximate surface area is 150 Å². The lowest BCUT2D eigenvalue weighted by molar-refractivity contribution is -0.384. The van der Waals surface area contributed by atoms with Crippen LogP contribution in [0.4, 0.5) is 17.1 Å². The highest BCUT2D eigenvalue weighted by molar-refractivity contribution is 5.96. The molecule has 2 amide bonds. The van der Waals surface area contributed by atoms with Gasteiger partial charge in [0.1, 0.15) is 0 Å². The minimum absolute atomic E-state index is 0.0643. The van der Waals surface area contributed by atoms with Crippen molar-refractivity contribution in [2.75, 3.05) is 16.8 Å². The Morgan fingerprint density at radius 3 is 2.58 bits per heavy atom. The highest BCUT2D eigenvalue weighted by atomic mass is 16.6. The number of rotatable bonds is 5. The Bertz CT molecular complexity index is 862. The number of hydrogen-bond donors (Lipinski definition) is 1. The zero-order chi connectivity index (χ0) is 18.7. The lowest BCUT2D eigenvalue weighted by Crippen LogP contribution is -2.23. The number of benzene rings is 2. The van der Waals surface area contributed by atoms with Crippen LogP contribution in [0.25, 0.3) is 0 Å². The first-order chi connectivity index (χ1) is 12.4. The summed E-state index contributed by atoms with van der Waals surface area (Å²) in [5.74, 6) is -0.129. The number of carbonyl (C=O) groups is 2. The molecule has 7 heteroatoms. The van der Waals surface area contributed by atoms with Crippen LogP contribution in [0.3, 0.4) is 0 Å². The average Bonchev–Trinajstić information content (AvgIpc) is 3.03. The summed E-state index contributed by atoms with van der Waals surface area (Å²) in [6.45, 7) is 2.51. The lowest BCUT2D eigenvalue weighted by Gasteiger charge is -2.16. The van der Waals surface area contributed by atoms with E-state index in [1.165, 1.54) is 12.1 Å². The lowest BCUT2D eigenvalue weighted by atomic mass is 10.1. The Kier molecular flexibility index (Phi) is 4.97. The molecule has 1 heterocycles. The second-order valence-electron chi connectivity index (χ2n) is 6.30. The monoisotopic (exact) mass is 353 g/mol. The standard InChI is InChI=1S/C19H19N3O4/c1-13-4-7-16(22(25)26)12-17(13)20-18(23)11-14-5-8-15(9-6-14)21-10-2-3-19(21)24/h4-9,12H,2-3,10-11H2,1H3,(H,20,23). The van der Waals surface area contributed by atoms with Crippen LogP contribution in [-0.2, 0) is 16.0 Å². The Hall–Kier alpha value is -3.22. The molecular weight excluding hydrogens is 334 g/mol. The summed E-state index contributed by atoms with van der Waals surface area (Å²) in [5.41, 5.74) is 2.77. The van der Waals surface area contributed by atoms with E-state index in [-0.39, 0.29) is 23.9 Å². The van der Waals surface area contributed by atoms with Gasteiger partial charge in [-0.05, 0) is 36.6 Å². The first kappa shape index (κ1) is 17.6. The maximum Gasteiger partial charge on any atom is 0.271 e. The number of amides is 2. The van der Waals surface area contributed by atoms with Gasteiger partial charge in [0.2, 0.25) is 11.8 Å². The molecule has 0 radical (unpaired) electrons. The summed E-state index contributed by atoms with van der Waals surface area (Å²) in [5, 5.41) is 13.6. The van der Waals surface area contributed by atoms with Crippen molar-refractivity contribution in [1.82, 2.24) is 0 Å². The number of nitrogens with zero attached hydrogens (tertiary/aromatic N) is 2. The van der Waals surface area contributed by atoms with Crippen molar-refractivity contribution >= 4 is 28.9 Å². The van der Waals surface area contributed by atoms with Crippen LogP contribution in [0.1, 0.15) is 24.0 Å². The van der Waals surface area contributed by atoms with Crippen molar-refractivity contribution in [3.63, 3.8) is 0 Å².